The van der Waals surface area contributed by atoms with Crippen molar-refractivity contribution in [1.29, 1.82) is 0 Å². The summed E-state index contributed by atoms with van der Waals surface area (Å²) in [5, 5.41) is 8.71. The predicted molar refractivity (Wildman–Crippen MR) is 68.6 cm³/mol. The smallest absolute Gasteiger partial charge is 0.304 e. The minimum atomic E-state index is -0.742. The number of hydrogen-bond acceptors (Lipinski definition) is 3. The lowest BCUT2D eigenvalue weighted by Gasteiger charge is -2.33. The molecule has 0 aliphatic carbocycles. The highest BCUT2D eigenvalue weighted by atomic mass is 16.5. The van der Waals surface area contributed by atoms with E-state index in [-0.39, 0.29) is 12.5 Å². The Morgan fingerprint density at radius 1 is 1.50 bits per heavy atom. The molecule has 0 amide bonds. The van der Waals surface area contributed by atoms with Crippen LogP contribution in [0.4, 0.5) is 0 Å². The maximum atomic E-state index is 10.6. The fourth-order valence-corrected chi connectivity index (χ4v) is 2.30. The zero-order valence-corrected chi connectivity index (χ0v) is 10.6. The lowest BCUT2D eigenvalue weighted by molar-refractivity contribution is -0.137. The van der Waals surface area contributed by atoms with Crippen LogP contribution in [-0.4, -0.2) is 42.2 Å². The molecular weight excluding hydrogens is 230 g/mol. The van der Waals surface area contributed by atoms with Crippen LogP contribution in [-0.2, 0) is 9.53 Å². The number of carbonyl (C=O) groups is 1. The maximum absolute atomic E-state index is 10.6. The number of morpholine rings is 1. The Kier molecular flexibility index (Phi) is 4.33. The van der Waals surface area contributed by atoms with E-state index < -0.39 is 5.97 Å². The molecule has 1 fully saturated rings. The Hall–Kier alpha value is -1.39. The standard InChI is InChI=1S/C14H19NO3/c1-11-4-2-3-5-12(11)13-10-15(8-9-18-13)7-6-14(16)17/h2-5,13H,6-10H2,1H3,(H,16,17)/t13-/m0/s1. The summed E-state index contributed by atoms with van der Waals surface area (Å²) in [6.07, 6.45) is 0.259. The summed E-state index contributed by atoms with van der Waals surface area (Å²) in [4.78, 5) is 12.8. The van der Waals surface area contributed by atoms with Gasteiger partial charge in [-0.25, -0.2) is 0 Å². The van der Waals surface area contributed by atoms with Gasteiger partial charge in [0, 0.05) is 19.6 Å². The molecule has 0 unspecified atom stereocenters. The van der Waals surface area contributed by atoms with E-state index in [1.807, 2.05) is 12.1 Å². The Morgan fingerprint density at radius 2 is 2.28 bits per heavy atom. The van der Waals surface area contributed by atoms with Gasteiger partial charge in [0.1, 0.15) is 0 Å². The molecule has 98 valence electrons. The second kappa shape index (κ2) is 5.98. The molecule has 1 aromatic carbocycles. The largest absolute Gasteiger partial charge is 0.481 e. The topological polar surface area (TPSA) is 49.8 Å². The first-order valence-corrected chi connectivity index (χ1v) is 6.28. The summed E-state index contributed by atoms with van der Waals surface area (Å²) in [5.41, 5.74) is 2.43. The number of benzene rings is 1. The fraction of sp³-hybridized carbons (Fsp3) is 0.500. The SMILES string of the molecule is Cc1ccccc1[C@@H]1CN(CCC(=O)O)CCO1. The second-order valence-electron chi connectivity index (χ2n) is 4.66. The second-order valence-corrected chi connectivity index (χ2v) is 4.66. The molecule has 1 aliphatic heterocycles. The summed E-state index contributed by atoms with van der Waals surface area (Å²) in [5.74, 6) is -0.742. The van der Waals surface area contributed by atoms with Gasteiger partial charge >= 0.3 is 5.97 Å². The van der Waals surface area contributed by atoms with Gasteiger partial charge in [0.15, 0.2) is 0 Å². The van der Waals surface area contributed by atoms with Crippen molar-refractivity contribution < 1.29 is 14.6 Å². The zero-order chi connectivity index (χ0) is 13.0. The summed E-state index contributed by atoms with van der Waals surface area (Å²) in [7, 11) is 0. The van der Waals surface area contributed by atoms with Crippen LogP contribution in [0.2, 0.25) is 0 Å². The fourth-order valence-electron chi connectivity index (χ4n) is 2.30. The number of ether oxygens (including phenoxy) is 1. The van der Waals surface area contributed by atoms with Crippen LogP contribution in [0.1, 0.15) is 23.7 Å². The van der Waals surface area contributed by atoms with Gasteiger partial charge in [0.05, 0.1) is 19.1 Å². The number of hydrogen-bond donors (Lipinski definition) is 1. The third-order valence-corrected chi connectivity index (χ3v) is 3.33. The van der Waals surface area contributed by atoms with E-state index in [9.17, 15) is 4.79 Å². The lowest BCUT2D eigenvalue weighted by atomic mass is 10.0. The molecule has 0 saturated carbocycles. The normalized spacial score (nSPS) is 20.8. The molecular formula is C14H19NO3. The van der Waals surface area contributed by atoms with Crippen LogP contribution in [0.3, 0.4) is 0 Å². The molecule has 0 radical (unpaired) electrons. The van der Waals surface area contributed by atoms with Crippen LogP contribution < -0.4 is 0 Å². The molecule has 18 heavy (non-hydrogen) atoms. The summed E-state index contributed by atoms with van der Waals surface area (Å²) in [6, 6.07) is 8.20. The van der Waals surface area contributed by atoms with Gasteiger partial charge in [-0.1, -0.05) is 24.3 Å². The van der Waals surface area contributed by atoms with Gasteiger partial charge in [-0.3, -0.25) is 9.69 Å². The number of carboxylic acid groups (broad SMARTS) is 1. The summed E-state index contributed by atoms with van der Waals surface area (Å²) >= 11 is 0. The van der Waals surface area contributed by atoms with Crippen molar-refractivity contribution in [2.45, 2.75) is 19.4 Å². The number of aryl methyl sites for hydroxylation is 1. The van der Waals surface area contributed by atoms with E-state index in [2.05, 4.69) is 24.0 Å². The van der Waals surface area contributed by atoms with Crippen LogP contribution in [0.15, 0.2) is 24.3 Å². The summed E-state index contributed by atoms with van der Waals surface area (Å²) < 4.78 is 5.79. The van der Waals surface area contributed by atoms with Crippen LogP contribution in [0.5, 0.6) is 0 Å². The first-order chi connectivity index (χ1) is 8.66. The van der Waals surface area contributed by atoms with Crippen LogP contribution >= 0.6 is 0 Å². The minimum absolute atomic E-state index is 0.0637. The van der Waals surface area contributed by atoms with Crippen molar-refractivity contribution in [3.63, 3.8) is 0 Å². The molecule has 1 heterocycles. The molecule has 1 aliphatic rings. The molecule has 0 spiro atoms. The van der Waals surface area contributed by atoms with Gasteiger partial charge in [-0.05, 0) is 18.1 Å². The molecule has 1 N–H and O–H groups in total. The molecule has 2 rings (SSSR count). The van der Waals surface area contributed by atoms with Gasteiger partial charge in [0.2, 0.25) is 0 Å². The Balaban J connectivity index is 1.98. The van der Waals surface area contributed by atoms with Crippen molar-refractivity contribution in [3.05, 3.63) is 35.4 Å². The average Bonchev–Trinajstić information content (AvgIpc) is 2.37. The van der Waals surface area contributed by atoms with Crippen molar-refractivity contribution in [2.75, 3.05) is 26.2 Å². The molecule has 4 nitrogen and oxygen atoms in total. The van der Waals surface area contributed by atoms with Crippen LogP contribution in [0, 0.1) is 6.92 Å². The Bertz CT molecular complexity index is 419. The van der Waals surface area contributed by atoms with Gasteiger partial charge in [-0.2, -0.15) is 0 Å². The third kappa shape index (κ3) is 3.31. The summed E-state index contributed by atoms with van der Waals surface area (Å²) in [6.45, 7) is 4.93. The van der Waals surface area contributed by atoms with E-state index >= 15 is 0 Å². The molecule has 0 bridgehead atoms. The van der Waals surface area contributed by atoms with Gasteiger partial charge < -0.3 is 9.84 Å². The number of nitrogens with zero attached hydrogens (tertiary/aromatic N) is 1. The average molecular weight is 249 g/mol. The number of rotatable bonds is 4. The minimum Gasteiger partial charge on any atom is -0.481 e. The molecule has 1 atom stereocenters. The maximum Gasteiger partial charge on any atom is 0.304 e. The first kappa shape index (κ1) is 13.1. The lowest BCUT2D eigenvalue weighted by Crippen LogP contribution is -2.39. The molecule has 1 saturated heterocycles. The zero-order valence-electron chi connectivity index (χ0n) is 10.6. The van der Waals surface area contributed by atoms with Crippen LogP contribution in [0.25, 0.3) is 0 Å². The van der Waals surface area contributed by atoms with Crippen molar-refractivity contribution >= 4 is 5.97 Å². The van der Waals surface area contributed by atoms with Crippen molar-refractivity contribution in [3.8, 4) is 0 Å². The predicted octanol–water partition coefficient (Wildman–Crippen LogP) is 1.84. The number of aliphatic carboxylic acids is 1. The monoisotopic (exact) mass is 249 g/mol. The highest BCUT2D eigenvalue weighted by Gasteiger charge is 2.23. The van der Waals surface area contributed by atoms with E-state index in [0.29, 0.717) is 13.2 Å². The van der Waals surface area contributed by atoms with E-state index in [0.717, 1.165) is 13.1 Å². The Labute approximate surface area is 107 Å². The third-order valence-electron chi connectivity index (χ3n) is 3.33. The molecule has 4 heteroatoms. The molecule has 1 aromatic rings. The number of carboxylic acids is 1. The van der Waals surface area contributed by atoms with Crippen molar-refractivity contribution in [2.24, 2.45) is 0 Å². The van der Waals surface area contributed by atoms with E-state index in [1.165, 1.54) is 11.1 Å². The van der Waals surface area contributed by atoms with Gasteiger partial charge in [-0.15, -0.1) is 0 Å². The highest BCUT2D eigenvalue weighted by Crippen LogP contribution is 2.24. The van der Waals surface area contributed by atoms with E-state index in [1.54, 1.807) is 0 Å². The van der Waals surface area contributed by atoms with Crippen molar-refractivity contribution in [1.82, 2.24) is 4.90 Å². The van der Waals surface area contributed by atoms with E-state index in [4.69, 9.17) is 9.84 Å². The van der Waals surface area contributed by atoms with Gasteiger partial charge in [0.25, 0.3) is 0 Å². The molecule has 0 aromatic heterocycles. The quantitative estimate of drug-likeness (QED) is 0.884. The highest BCUT2D eigenvalue weighted by molar-refractivity contribution is 5.66. The Morgan fingerprint density at radius 3 is 3.00 bits per heavy atom. The first-order valence-electron chi connectivity index (χ1n) is 6.28.